The number of carbonyl (C=O) groups excluding carboxylic acids is 2. The second-order valence-corrected chi connectivity index (χ2v) is 8.56. The molecule has 4 aromatic rings. The van der Waals surface area contributed by atoms with Crippen LogP contribution in [0.1, 0.15) is 56.2 Å². The zero-order valence-corrected chi connectivity index (χ0v) is 19.9. The molecule has 1 atom stereocenters. The van der Waals surface area contributed by atoms with E-state index in [4.69, 9.17) is 0 Å². The van der Waals surface area contributed by atoms with Crippen LogP contribution >= 0.6 is 0 Å². The molecule has 1 heterocycles. The van der Waals surface area contributed by atoms with E-state index in [0.717, 1.165) is 22.5 Å². The Bertz CT molecular complexity index is 1340. The second kappa shape index (κ2) is 10.3. The molecule has 1 aromatic heterocycles. The van der Waals surface area contributed by atoms with Gasteiger partial charge in [-0.3, -0.25) is 14.3 Å². The van der Waals surface area contributed by atoms with Crippen molar-refractivity contribution in [2.75, 3.05) is 5.32 Å². The van der Waals surface area contributed by atoms with Gasteiger partial charge in [0.15, 0.2) is 0 Å². The number of aromatic nitrogens is 2. The van der Waals surface area contributed by atoms with Gasteiger partial charge in [0, 0.05) is 22.5 Å². The molecule has 3 aromatic carbocycles. The summed E-state index contributed by atoms with van der Waals surface area (Å²) in [6, 6.07) is 21.9. The molecule has 35 heavy (non-hydrogen) atoms. The lowest BCUT2D eigenvalue weighted by Crippen LogP contribution is -2.26. The zero-order valence-electron chi connectivity index (χ0n) is 19.9. The van der Waals surface area contributed by atoms with Crippen molar-refractivity contribution in [3.8, 4) is 0 Å². The van der Waals surface area contributed by atoms with Gasteiger partial charge in [-0.15, -0.1) is 0 Å². The molecular weight excluding hydrogens is 443 g/mol. The Morgan fingerprint density at radius 1 is 0.914 bits per heavy atom. The number of nitrogens with one attached hydrogen (secondary N) is 2. The van der Waals surface area contributed by atoms with E-state index in [9.17, 15) is 14.0 Å². The Morgan fingerprint density at radius 2 is 1.63 bits per heavy atom. The molecule has 4 rings (SSSR count). The van der Waals surface area contributed by atoms with Gasteiger partial charge in [-0.1, -0.05) is 24.3 Å². The first-order valence-corrected chi connectivity index (χ1v) is 11.4. The van der Waals surface area contributed by atoms with E-state index in [1.807, 2.05) is 61.9 Å². The molecule has 0 saturated heterocycles. The minimum atomic E-state index is -0.392. The van der Waals surface area contributed by atoms with E-state index in [1.165, 1.54) is 24.3 Å². The third-order valence-electron chi connectivity index (χ3n) is 5.75. The highest BCUT2D eigenvalue weighted by atomic mass is 19.1. The monoisotopic (exact) mass is 470 g/mol. The van der Waals surface area contributed by atoms with E-state index >= 15 is 0 Å². The summed E-state index contributed by atoms with van der Waals surface area (Å²) in [7, 11) is 0. The average molecular weight is 471 g/mol. The van der Waals surface area contributed by atoms with E-state index in [-0.39, 0.29) is 17.9 Å². The van der Waals surface area contributed by atoms with Crippen molar-refractivity contribution in [2.45, 2.75) is 33.4 Å². The quantitative estimate of drug-likeness (QED) is 0.378. The highest BCUT2D eigenvalue weighted by molar-refractivity contribution is 6.04. The first kappa shape index (κ1) is 23.9. The number of hydrogen-bond acceptors (Lipinski definition) is 3. The van der Waals surface area contributed by atoms with Crippen LogP contribution in [0.15, 0.2) is 78.9 Å². The predicted octanol–water partition coefficient (Wildman–Crippen LogP) is 5.43. The number of nitrogens with zero attached hydrogens (tertiary/aromatic N) is 2. The largest absolute Gasteiger partial charge is 0.346 e. The van der Waals surface area contributed by atoms with E-state index in [1.54, 1.807) is 18.2 Å². The molecule has 0 fully saturated rings. The summed E-state index contributed by atoms with van der Waals surface area (Å²) < 4.78 is 15.0. The molecule has 0 aliphatic carbocycles. The third-order valence-corrected chi connectivity index (χ3v) is 5.75. The van der Waals surface area contributed by atoms with Gasteiger partial charge in [-0.2, -0.15) is 5.10 Å². The number of aryl methyl sites for hydroxylation is 2. The van der Waals surface area contributed by atoms with Crippen molar-refractivity contribution in [2.24, 2.45) is 0 Å². The highest BCUT2D eigenvalue weighted by Crippen LogP contribution is 2.18. The molecule has 2 amide bonds. The topological polar surface area (TPSA) is 76.0 Å². The van der Waals surface area contributed by atoms with Crippen LogP contribution in [-0.2, 0) is 6.54 Å². The summed E-state index contributed by atoms with van der Waals surface area (Å²) in [6.45, 7) is 6.48. The fourth-order valence-electron chi connectivity index (χ4n) is 3.84. The maximum Gasteiger partial charge on any atom is 0.255 e. The number of benzene rings is 3. The molecular formula is C28H27FN4O2. The third kappa shape index (κ3) is 6.00. The van der Waals surface area contributed by atoms with Crippen molar-refractivity contribution in [3.05, 3.63) is 118 Å². The van der Waals surface area contributed by atoms with Gasteiger partial charge in [-0.25, -0.2) is 4.39 Å². The first-order chi connectivity index (χ1) is 16.8. The van der Waals surface area contributed by atoms with Gasteiger partial charge >= 0.3 is 0 Å². The van der Waals surface area contributed by atoms with Gasteiger partial charge in [0.2, 0.25) is 0 Å². The van der Waals surface area contributed by atoms with Crippen LogP contribution in [0.4, 0.5) is 10.1 Å². The van der Waals surface area contributed by atoms with Gasteiger partial charge in [-0.05, 0) is 86.5 Å². The maximum absolute atomic E-state index is 13.1. The molecule has 0 bridgehead atoms. The van der Waals surface area contributed by atoms with Crippen molar-refractivity contribution in [1.29, 1.82) is 0 Å². The average Bonchev–Trinajstić information content (AvgIpc) is 3.16. The van der Waals surface area contributed by atoms with Crippen LogP contribution in [0.5, 0.6) is 0 Å². The Morgan fingerprint density at radius 3 is 2.29 bits per heavy atom. The lowest BCUT2D eigenvalue weighted by atomic mass is 10.1. The van der Waals surface area contributed by atoms with Crippen molar-refractivity contribution < 1.29 is 14.0 Å². The number of halogens is 1. The number of hydrogen-bond donors (Lipinski definition) is 2. The Labute approximate surface area is 203 Å². The summed E-state index contributed by atoms with van der Waals surface area (Å²) >= 11 is 0. The normalized spacial score (nSPS) is 11.7. The summed E-state index contributed by atoms with van der Waals surface area (Å²) in [5.41, 5.74) is 5.50. The number of anilines is 1. The van der Waals surface area contributed by atoms with E-state index in [0.29, 0.717) is 23.4 Å². The second-order valence-electron chi connectivity index (χ2n) is 8.56. The molecule has 0 aliphatic rings. The molecule has 0 radical (unpaired) electrons. The zero-order chi connectivity index (χ0) is 24.9. The van der Waals surface area contributed by atoms with E-state index < -0.39 is 5.82 Å². The Kier molecular flexibility index (Phi) is 7.06. The SMILES string of the molecule is Cc1cc(C)n(Cc2cccc(C(=O)NC(C)c3ccc(NC(=O)c4ccc(F)cc4)cc3)c2)n1. The minimum Gasteiger partial charge on any atom is -0.346 e. The minimum absolute atomic E-state index is 0.165. The number of carbonyl (C=O) groups is 2. The fourth-order valence-corrected chi connectivity index (χ4v) is 3.84. The van der Waals surface area contributed by atoms with Gasteiger partial charge < -0.3 is 10.6 Å². The molecule has 178 valence electrons. The fraction of sp³-hybridized carbons (Fsp3) is 0.179. The summed E-state index contributed by atoms with van der Waals surface area (Å²) in [5, 5.41) is 10.3. The van der Waals surface area contributed by atoms with Gasteiger partial charge in [0.1, 0.15) is 5.82 Å². The molecule has 0 saturated carbocycles. The Balaban J connectivity index is 1.37. The maximum atomic E-state index is 13.1. The molecule has 0 spiro atoms. The highest BCUT2D eigenvalue weighted by Gasteiger charge is 2.13. The van der Waals surface area contributed by atoms with Gasteiger partial charge in [0.25, 0.3) is 11.8 Å². The van der Waals surface area contributed by atoms with Crippen LogP contribution in [0.3, 0.4) is 0 Å². The molecule has 0 aliphatic heterocycles. The predicted molar refractivity (Wildman–Crippen MR) is 134 cm³/mol. The molecule has 1 unspecified atom stereocenters. The van der Waals surface area contributed by atoms with Crippen molar-refractivity contribution in [1.82, 2.24) is 15.1 Å². The molecule has 7 heteroatoms. The first-order valence-electron chi connectivity index (χ1n) is 11.4. The lowest BCUT2D eigenvalue weighted by Gasteiger charge is -2.16. The number of amides is 2. The standard InChI is InChI=1S/C28H27FN4O2/c1-18-15-19(2)33(32-18)17-21-5-4-6-24(16-21)28(35)30-20(3)22-9-13-26(14-10-22)31-27(34)23-7-11-25(29)12-8-23/h4-16,20H,17H2,1-3H3,(H,30,35)(H,31,34). The number of rotatable bonds is 7. The smallest absolute Gasteiger partial charge is 0.255 e. The summed E-state index contributed by atoms with van der Waals surface area (Å²) in [5.74, 6) is -0.877. The van der Waals surface area contributed by atoms with Gasteiger partial charge in [0.05, 0.1) is 18.3 Å². The Hall–Kier alpha value is -4.26. The van der Waals surface area contributed by atoms with Crippen LogP contribution in [0.25, 0.3) is 0 Å². The summed E-state index contributed by atoms with van der Waals surface area (Å²) in [6.07, 6.45) is 0. The molecule has 2 N–H and O–H groups in total. The van der Waals surface area contributed by atoms with E-state index in [2.05, 4.69) is 15.7 Å². The lowest BCUT2D eigenvalue weighted by molar-refractivity contribution is 0.0939. The molecule has 6 nitrogen and oxygen atoms in total. The van der Waals surface area contributed by atoms with Crippen LogP contribution in [0, 0.1) is 19.7 Å². The van der Waals surface area contributed by atoms with Crippen LogP contribution in [-0.4, -0.2) is 21.6 Å². The van der Waals surface area contributed by atoms with Crippen molar-refractivity contribution >= 4 is 17.5 Å². The van der Waals surface area contributed by atoms with Crippen molar-refractivity contribution in [3.63, 3.8) is 0 Å². The summed E-state index contributed by atoms with van der Waals surface area (Å²) in [4.78, 5) is 25.2. The van der Waals surface area contributed by atoms with Crippen LogP contribution in [0.2, 0.25) is 0 Å². The van der Waals surface area contributed by atoms with Crippen LogP contribution < -0.4 is 10.6 Å².